The number of phenolic OH excluding ortho intramolecular Hbond substituents is 1. The van der Waals surface area contributed by atoms with E-state index in [4.69, 9.17) is 24.4 Å². The maximum Gasteiger partial charge on any atom is 0.319 e. The van der Waals surface area contributed by atoms with Crippen LogP contribution in [-0.2, 0) is 17.6 Å². The highest BCUT2D eigenvalue weighted by Gasteiger charge is 2.46. The number of piperazine rings is 1. The maximum absolute atomic E-state index is 17.0. The van der Waals surface area contributed by atoms with Crippen LogP contribution < -0.4 is 15.0 Å². The molecule has 5 heterocycles. The molecule has 3 atom stereocenters. The number of rotatable bonds is 7. The Morgan fingerprint density at radius 3 is 2.78 bits per heavy atom. The van der Waals surface area contributed by atoms with Crippen LogP contribution in [0.1, 0.15) is 50.2 Å². The van der Waals surface area contributed by atoms with Gasteiger partial charge in [0.1, 0.15) is 22.8 Å². The Balaban J connectivity index is 1.13. The summed E-state index contributed by atoms with van der Waals surface area (Å²) in [6.45, 7) is 7.72. The van der Waals surface area contributed by atoms with Crippen molar-refractivity contribution >= 4 is 27.5 Å². The summed E-state index contributed by atoms with van der Waals surface area (Å²) in [6.07, 6.45) is 9.17. The van der Waals surface area contributed by atoms with Gasteiger partial charge in [-0.1, -0.05) is 12.1 Å². The second-order valence-corrected chi connectivity index (χ2v) is 14.4. The van der Waals surface area contributed by atoms with Crippen LogP contribution in [0.2, 0.25) is 0 Å². The Labute approximate surface area is 268 Å². The molecule has 3 aliphatic heterocycles. The second kappa shape index (κ2) is 11.0. The molecule has 2 N–H and O–H groups in total. The van der Waals surface area contributed by atoms with Crippen LogP contribution in [0.25, 0.3) is 32.9 Å². The number of halogens is 1. The van der Waals surface area contributed by atoms with Crippen molar-refractivity contribution in [2.75, 3.05) is 50.9 Å². The summed E-state index contributed by atoms with van der Waals surface area (Å²) >= 11 is 0. The highest BCUT2D eigenvalue weighted by molar-refractivity contribution is 6.02. The van der Waals surface area contributed by atoms with Crippen LogP contribution in [0.15, 0.2) is 30.5 Å². The first-order valence-corrected chi connectivity index (χ1v) is 17.0. The normalized spacial score (nSPS) is 25.3. The minimum atomic E-state index is -0.505. The summed E-state index contributed by atoms with van der Waals surface area (Å²) in [6, 6.07) is 8.93. The zero-order chi connectivity index (χ0) is 31.0. The Bertz CT molecular complexity index is 1830. The molecule has 0 radical (unpaired) electrons. The monoisotopic (exact) mass is 624 g/mol. The number of pyridine rings is 1. The summed E-state index contributed by atoms with van der Waals surface area (Å²) in [5.74, 6) is 0.272. The lowest BCUT2D eigenvalue weighted by molar-refractivity contribution is -0.0134. The van der Waals surface area contributed by atoms with Crippen molar-refractivity contribution in [1.29, 1.82) is 0 Å². The predicted octanol–water partition coefficient (Wildman–Crippen LogP) is 5.00. The molecule has 2 aliphatic carbocycles. The van der Waals surface area contributed by atoms with Gasteiger partial charge in [0, 0.05) is 61.5 Å². The molecule has 2 bridgehead atoms. The van der Waals surface area contributed by atoms with Crippen molar-refractivity contribution in [3.05, 3.63) is 47.4 Å². The number of hydrogen-bond donors (Lipinski definition) is 2. The van der Waals surface area contributed by atoms with Crippen LogP contribution in [0.5, 0.6) is 11.8 Å². The predicted molar refractivity (Wildman–Crippen MR) is 175 cm³/mol. The van der Waals surface area contributed by atoms with Gasteiger partial charge in [0.15, 0.2) is 5.82 Å². The van der Waals surface area contributed by atoms with E-state index < -0.39 is 5.82 Å². The highest BCUT2D eigenvalue weighted by atomic mass is 19.1. The van der Waals surface area contributed by atoms with Crippen molar-refractivity contribution in [1.82, 2.24) is 25.2 Å². The molecule has 9 rings (SSSR count). The fraction of sp³-hybridized carbons (Fsp3) is 0.528. The Kier molecular flexibility index (Phi) is 6.84. The molecule has 2 aromatic heterocycles. The molecule has 2 aromatic carbocycles. The van der Waals surface area contributed by atoms with Gasteiger partial charge in [-0.15, -0.1) is 0 Å². The van der Waals surface area contributed by atoms with E-state index in [1.165, 1.54) is 11.1 Å². The molecule has 9 nitrogen and oxygen atoms in total. The van der Waals surface area contributed by atoms with E-state index in [9.17, 15) is 5.11 Å². The lowest BCUT2D eigenvalue weighted by Crippen LogP contribution is -2.51. The maximum atomic E-state index is 17.0. The number of aryl methyl sites for hydroxylation is 2. The van der Waals surface area contributed by atoms with Crippen molar-refractivity contribution in [2.24, 2.45) is 5.41 Å². The van der Waals surface area contributed by atoms with Crippen molar-refractivity contribution in [2.45, 2.75) is 70.0 Å². The number of aromatic hydroxyl groups is 1. The van der Waals surface area contributed by atoms with Gasteiger partial charge in [-0.3, -0.25) is 9.88 Å². The first-order chi connectivity index (χ1) is 22.4. The molecule has 4 fully saturated rings. The van der Waals surface area contributed by atoms with Gasteiger partial charge < -0.3 is 24.8 Å². The number of benzene rings is 2. The summed E-state index contributed by atoms with van der Waals surface area (Å²) in [5, 5.41) is 16.8. The second-order valence-electron chi connectivity index (χ2n) is 14.4. The average molecular weight is 625 g/mol. The van der Waals surface area contributed by atoms with Gasteiger partial charge in [0.2, 0.25) is 0 Å². The minimum absolute atomic E-state index is 0.0566. The summed E-state index contributed by atoms with van der Waals surface area (Å²) in [4.78, 5) is 19.2. The van der Waals surface area contributed by atoms with Gasteiger partial charge in [-0.2, -0.15) is 9.97 Å². The number of nitrogens with one attached hydrogen (secondary N) is 1. The smallest absolute Gasteiger partial charge is 0.319 e. The Hall–Kier alpha value is -3.60. The van der Waals surface area contributed by atoms with E-state index in [1.807, 2.05) is 6.07 Å². The fourth-order valence-electron chi connectivity index (χ4n) is 8.39. The number of morpholine rings is 1. The van der Waals surface area contributed by atoms with Gasteiger partial charge >= 0.3 is 6.01 Å². The minimum Gasteiger partial charge on any atom is -0.508 e. The van der Waals surface area contributed by atoms with Crippen LogP contribution in [0.4, 0.5) is 10.2 Å². The number of ether oxygens (including phenoxy) is 2. The van der Waals surface area contributed by atoms with Crippen molar-refractivity contribution in [3.63, 3.8) is 0 Å². The summed E-state index contributed by atoms with van der Waals surface area (Å²) in [5.41, 5.74) is 3.58. The van der Waals surface area contributed by atoms with Crippen LogP contribution in [0, 0.1) is 11.2 Å². The van der Waals surface area contributed by atoms with E-state index in [0.717, 1.165) is 95.1 Å². The zero-order valence-electron chi connectivity index (χ0n) is 26.4. The Morgan fingerprint density at radius 2 is 1.98 bits per heavy atom. The molecule has 5 aliphatic rings. The number of hydrogen-bond acceptors (Lipinski definition) is 9. The fourth-order valence-corrected chi connectivity index (χ4v) is 8.39. The van der Waals surface area contributed by atoms with Crippen LogP contribution >= 0.6 is 0 Å². The molecule has 3 saturated heterocycles. The standard InChI is InChI=1S/C36H41FN6O3/c1-21-18-45-12-11-42(21)19-36(9-10-36)20-46-35-40-33-29(34(41-35)43-16-24-7-8-25(17-43)39-24)15-38-32(31(33)37)28-14-26(44)13-23-6-5-22-3-2-4-27(22)30(23)28/h5-6,13-15,21,24-25,39,44H,2-4,7-12,16-20H2,1H3/t21-,24-,25+/m1/s1. The van der Waals surface area contributed by atoms with Gasteiger partial charge in [-0.05, 0) is 85.9 Å². The van der Waals surface area contributed by atoms with Gasteiger partial charge in [-0.25, -0.2) is 4.39 Å². The molecule has 1 saturated carbocycles. The van der Waals surface area contributed by atoms with Crippen molar-refractivity contribution in [3.8, 4) is 23.0 Å². The lowest BCUT2D eigenvalue weighted by atomic mass is 9.94. The largest absolute Gasteiger partial charge is 0.508 e. The first-order valence-electron chi connectivity index (χ1n) is 17.0. The SMILES string of the molecule is C[C@@H]1COCCN1CC1(COc2nc(N3C[C@H]4CC[C@@H](C3)N4)c3cnc(-c4cc(O)cc5ccc6c(c45)CCC6)c(F)c3n2)CC1. The zero-order valence-corrected chi connectivity index (χ0v) is 26.4. The lowest BCUT2D eigenvalue weighted by Gasteiger charge is -2.36. The van der Waals surface area contributed by atoms with E-state index in [0.29, 0.717) is 41.5 Å². The number of phenols is 1. The topological polar surface area (TPSA) is 95.9 Å². The van der Waals surface area contributed by atoms with Gasteiger partial charge in [0.05, 0.1) is 25.2 Å². The molecule has 10 heteroatoms. The van der Waals surface area contributed by atoms with Crippen LogP contribution in [-0.4, -0.2) is 89.1 Å². The molecular formula is C36H41FN6O3. The molecule has 240 valence electrons. The first kappa shape index (κ1) is 28.6. The number of nitrogens with zero attached hydrogens (tertiary/aromatic N) is 5. The Morgan fingerprint density at radius 1 is 1.13 bits per heavy atom. The van der Waals surface area contributed by atoms with E-state index in [-0.39, 0.29) is 28.4 Å². The average Bonchev–Trinajstić information content (AvgIpc) is 3.49. The van der Waals surface area contributed by atoms with E-state index in [1.54, 1.807) is 18.3 Å². The number of anilines is 1. The van der Waals surface area contributed by atoms with Crippen molar-refractivity contribution < 1.29 is 19.0 Å². The summed E-state index contributed by atoms with van der Waals surface area (Å²) in [7, 11) is 0. The third-order valence-corrected chi connectivity index (χ3v) is 11.1. The molecule has 46 heavy (non-hydrogen) atoms. The highest BCUT2D eigenvalue weighted by Crippen LogP contribution is 2.47. The van der Waals surface area contributed by atoms with Crippen LogP contribution in [0.3, 0.4) is 0 Å². The molecule has 0 unspecified atom stereocenters. The van der Waals surface area contributed by atoms with E-state index >= 15 is 4.39 Å². The molecular weight excluding hydrogens is 583 g/mol. The quantitative estimate of drug-likeness (QED) is 0.295. The number of fused-ring (bicyclic) bond motifs is 6. The third-order valence-electron chi connectivity index (χ3n) is 11.1. The summed E-state index contributed by atoms with van der Waals surface area (Å²) < 4.78 is 29.0. The third kappa shape index (κ3) is 4.96. The molecule has 0 amide bonds. The molecule has 0 spiro atoms. The molecule has 4 aromatic rings. The van der Waals surface area contributed by atoms with E-state index in [2.05, 4.69) is 28.1 Å². The number of aromatic nitrogens is 3. The van der Waals surface area contributed by atoms with Gasteiger partial charge in [0.25, 0.3) is 0 Å².